The van der Waals surface area contributed by atoms with Crippen LogP contribution in [0.25, 0.3) is 22.2 Å². The fourth-order valence-corrected chi connectivity index (χ4v) is 6.24. The number of hydrogen-bond acceptors (Lipinski definition) is 6. The van der Waals surface area contributed by atoms with Crippen LogP contribution in [0, 0.1) is 0 Å². The summed E-state index contributed by atoms with van der Waals surface area (Å²) in [6.45, 7) is 1.76. The molecule has 1 aliphatic carbocycles. The number of H-pyrrole nitrogens is 1. The van der Waals surface area contributed by atoms with Crippen LogP contribution in [0.15, 0.2) is 59.1 Å². The summed E-state index contributed by atoms with van der Waals surface area (Å²) in [6, 6.07) is 16.8. The lowest BCUT2D eigenvalue weighted by atomic mass is 9.90. The van der Waals surface area contributed by atoms with Crippen LogP contribution in [0.4, 0.5) is 5.69 Å². The molecule has 1 saturated carbocycles. The van der Waals surface area contributed by atoms with Crippen molar-refractivity contribution < 1.29 is 19.2 Å². The maximum Gasteiger partial charge on any atom is 0.357 e. The summed E-state index contributed by atoms with van der Waals surface area (Å²) in [4.78, 5) is 13.7. The Labute approximate surface area is 249 Å². The molecule has 5 aromatic rings. The van der Waals surface area contributed by atoms with Crippen LogP contribution < -0.4 is 9.64 Å². The number of carbonyl (C=O) groups is 1. The molecule has 1 aliphatic heterocycles. The summed E-state index contributed by atoms with van der Waals surface area (Å²) < 4.78 is 11.9. The number of carboxylic acid groups (broad SMARTS) is 1. The van der Waals surface area contributed by atoms with Crippen molar-refractivity contribution in [3.8, 4) is 17.0 Å². The number of anilines is 1. The number of ether oxygens (including phenoxy) is 1. The van der Waals surface area contributed by atoms with Crippen LogP contribution >= 0.6 is 34.8 Å². The van der Waals surface area contributed by atoms with E-state index < -0.39 is 5.97 Å². The van der Waals surface area contributed by atoms with Crippen molar-refractivity contribution in [2.45, 2.75) is 31.3 Å². The van der Waals surface area contributed by atoms with Crippen LogP contribution in [-0.4, -0.2) is 39.5 Å². The van der Waals surface area contributed by atoms with Crippen LogP contribution in [0.5, 0.6) is 5.75 Å². The molecule has 0 amide bonds. The number of aromatic amines is 1. The third kappa shape index (κ3) is 4.80. The van der Waals surface area contributed by atoms with Crippen molar-refractivity contribution in [1.29, 1.82) is 0 Å². The van der Waals surface area contributed by atoms with Gasteiger partial charge in [-0.1, -0.05) is 52.1 Å². The Morgan fingerprint density at radius 2 is 1.80 bits per heavy atom. The van der Waals surface area contributed by atoms with E-state index in [1.54, 1.807) is 18.2 Å². The monoisotopic (exact) mass is 608 g/mol. The van der Waals surface area contributed by atoms with Gasteiger partial charge in [0.05, 0.1) is 31.8 Å². The van der Waals surface area contributed by atoms with Gasteiger partial charge in [-0.15, -0.1) is 0 Å². The Morgan fingerprint density at radius 3 is 2.51 bits per heavy atom. The van der Waals surface area contributed by atoms with Crippen molar-refractivity contribution in [3.05, 3.63) is 92.2 Å². The molecule has 2 aromatic heterocycles. The molecule has 2 aliphatic rings. The Balaban J connectivity index is 1.06. The van der Waals surface area contributed by atoms with Gasteiger partial charge in [-0.25, -0.2) is 4.79 Å². The van der Waals surface area contributed by atoms with E-state index in [0.29, 0.717) is 48.9 Å². The zero-order valence-corrected chi connectivity index (χ0v) is 23.8. The Bertz CT molecular complexity index is 1790. The predicted octanol–water partition coefficient (Wildman–Crippen LogP) is 7.94. The van der Waals surface area contributed by atoms with Gasteiger partial charge >= 0.3 is 5.97 Å². The van der Waals surface area contributed by atoms with E-state index in [0.717, 1.165) is 48.5 Å². The molecule has 0 radical (unpaired) electrons. The summed E-state index contributed by atoms with van der Waals surface area (Å²) in [5.41, 5.74) is 4.81. The van der Waals surface area contributed by atoms with E-state index in [1.807, 2.05) is 36.4 Å². The lowest BCUT2D eigenvalue weighted by Crippen LogP contribution is -2.45. The Morgan fingerprint density at radius 1 is 1.02 bits per heavy atom. The van der Waals surface area contributed by atoms with Crippen LogP contribution in [-0.2, 0) is 6.61 Å². The minimum atomic E-state index is -1.05. The average molecular weight is 610 g/mol. The van der Waals surface area contributed by atoms with Gasteiger partial charge < -0.3 is 19.3 Å². The molecule has 1 saturated heterocycles. The number of carboxylic acids is 1. The second-order valence-corrected chi connectivity index (χ2v) is 11.7. The fraction of sp³-hybridized carbons (Fsp3) is 0.233. The van der Waals surface area contributed by atoms with E-state index in [2.05, 4.69) is 20.3 Å². The molecule has 3 heterocycles. The summed E-state index contributed by atoms with van der Waals surface area (Å²) in [5, 5.41) is 22.6. The number of nitrogens with one attached hydrogen (secondary N) is 1. The van der Waals surface area contributed by atoms with Crippen molar-refractivity contribution in [2.75, 3.05) is 18.0 Å². The van der Waals surface area contributed by atoms with Crippen LogP contribution in [0.2, 0.25) is 15.1 Å². The summed E-state index contributed by atoms with van der Waals surface area (Å²) in [7, 11) is 0. The molecule has 3 aromatic carbocycles. The molecule has 208 valence electrons. The number of aromatic nitrogens is 3. The molecule has 0 bridgehead atoms. The number of fused-ring (bicyclic) bond motifs is 1. The molecule has 2 N–H and O–H groups in total. The lowest BCUT2D eigenvalue weighted by molar-refractivity contribution is 0.0692. The molecular formula is C30H23Cl3N4O4. The first-order valence-electron chi connectivity index (χ1n) is 13.2. The third-order valence-electron chi connectivity index (χ3n) is 7.75. The van der Waals surface area contributed by atoms with E-state index >= 15 is 0 Å². The average Bonchev–Trinajstić information content (AvgIpc) is 3.54. The van der Waals surface area contributed by atoms with Crippen molar-refractivity contribution in [3.63, 3.8) is 0 Å². The molecule has 8 nitrogen and oxygen atoms in total. The highest BCUT2D eigenvalue weighted by atomic mass is 35.5. The zero-order chi connectivity index (χ0) is 28.2. The summed E-state index contributed by atoms with van der Waals surface area (Å²) in [6.07, 6.45) is 2.10. The molecule has 41 heavy (non-hydrogen) atoms. The first-order chi connectivity index (χ1) is 19.9. The molecule has 0 spiro atoms. The third-order valence-corrected chi connectivity index (χ3v) is 8.68. The van der Waals surface area contributed by atoms with Gasteiger partial charge in [0, 0.05) is 41.9 Å². The van der Waals surface area contributed by atoms with Gasteiger partial charge in [0.15, 0.2) is 5.69 Å². The first-order valence-corrected chi connectivity index (χ1v) is 14.3. The number of benzene rings is 3. The van der Waals surface area contributed by atoms with E-state index in [9.17, 15) is 9.90 Å². The van der Waals surface area contributed by atoms with Crippen LogP contribution in [0.1, 0.15) is 52.1 Å². The Hall–Kier alpha value is -3.72. The number of hydrogen-bond donors (Lipinski definition) is 2. The van der Waals surface area contributed by atoms with E-state index in [1.165, 1.54) is 0 Å². The van der Waals surface area contributed by atoms with Crippen LogP contribution in [0.3, 0.4) is 0 Å². The van der Waals surface area contributed by atoms with E-state index in [-0.39, 0.29) is 18.2 Å². The van der Waals surface area contributed by atoms with Crippen molar-refractivity contribution in [2.24, 2.45) is 0 Å². The SMILES string of the molecule is O=C(O)c1n[nH]c2ccc(C3CN(c4ccc(OCc5c(-c6c(Cl)cccc6Cl)noc5C5CC5)cc4Cl)C3)cc12. The van der Waals surface area contributed by atoms with E-state index in [4.69, 9.17) is 44.1 Å². The van der Waals surface area contributed by atoms with Gasteiger partial charge in [0.1, 0.15) is 23.8 Å². The second kappa shape index (κ2) is 10.3. The van der Waals surface area contributed by atoms with Gasteiger partial charge in [0.2, 0.25) is 0 Å². The first kappa shape index (κ1) is 26.2. The normalized spacial score (nSPS) is 15.3. The van der Waals surface area contributed by atoms with Gasteiger partial charge in [-0.2, -0.15) is 5.10 Å². The highest BCUT2D eigenvalue weighted by molar-refractivity contribution is 6.39. The molecular weight excluding hydrogens is 587 g/mol. The number of aromatic carboxylic acids is 1. The standard InChI is InChI=1S/C30H23Cl3N4O4/c31-21-2-1-3-22(32)26(21)27-20(29(41-36-27)15-4-5-15)14-40-18-7-9-25(23(33)11-18)37-12-17(13-37)16-6-8-24-19(10-16)28(30(38)39)35-34-24/h1-3,6-11,15,17H,4-5,12-14H2,(H,34,35)(H,38,39). The fourth-order valence-electron chi connectivity index (χ4n) is 5.37. The maximum atomic E-state index is 11.5. The minimum Gasteiger partial charge on any atom is -0.489 e. The minimum absolute atomic E-state index is 0.0363. The number of halogens is 3. The highest BCUT2D eigenvalue weighted by Gasteiger charge is 2.34. The quantitative estimate of drug-likeness (QED) is 0.184. The largest absolute Gasteiger partial charge is 0.489 e. The predicted molar refractivity (Wildman–Crippen MR) is 158 cm³/mol. The van der Waals surface area contributed by atoms with Crippen molar-refractivity contribution in [1.82, 2.24) is 15.4 Å². The lowest BCUT2D eigenvalue weighted by Gasteiger charge is -2.42. The summed E-state index contributed by atoms with van der Waals surface area (Å²) in [5.74, 6) is 0.976. The van der Waals surface area contributed by atoms with Gasteiger partial charge in [0.25, 0.3) is 0 Å². The topological polar surface area (TPSA) is 104 Å². The number of nitrogens with zero attached hydrogens (tertiary/aromatic N) is 3. The molecule has 11 heteroatoms. The summed E-state index contributed by atoms with van der Waals surface area (Å²) >= 11 is 19.7. The van der Waals surface area contributed by atoms with Gasteiger partial charge in [-0.3, -0.25) is 5.10 Å². The smallest absolute Gasteiger partial charge is 0.357 e. The molecule has 0 atom stereocenters. The number of rotatable bonds is 8. The highest BCUT2D eigenvalue weighted by Crippen LogP contribution is 2.46. The second-order valence-electron chi connectivity index (χ2n) is 10.4. The molecule has 0 unspecified atom stereocenters. The van der Waals surface area contributed by atoms with Crippen molar-refractivity contribution >= 4 is 57.4 Å². The Kier molecular flexibility index (Phi) is 6.57. The molecule has 2 fully saturated rings. The molecule has 7 rings (SSSR count). The van der Waals surface area contributed by atoms with Gasteiger partial charge in [-0.05, 0) is 54.8 Å². The zero-order valence-electron chi connectivity index (χ0n) is 21.5. The maximum absolute atomic E-state index is 11.5.